The molecule has 0 saturated carbocycles. The summed E-state index contributed by atoms with van der Waals surface area (Å²) >= 11 is 0. The number of phosphoric acid groups is 2. The zero-order valence-corrected chi connectivity index (χ0v) is 55.3. The average Bonchev–Trinajstić information content (AvgIpc) is 3.48. The highest BCUT2D eigenvalue weighted by Crippen LogP contribution is 2.45. The Morgan fingerprint density at radius 1 is 0.337 bits per heavy atom. The number of unbranched alkanes of at least 4 members (excludes halogenated alkanes) is 31. The molecule has 19 heteroatoms. The number of ether oxygens (including phenoxy) is 4. The van der Waals surface area contributed by atoms with E-state index in [-0.39, 0.29) is 25.7 Å². The van der Waals surface area contributed by atoms with Crippen LogP contribution in [0.1, 0.15) is 318 Å². The van der Waals surface area contributed by atoms with Gasteiger partial charge in [-0.25, -0.2) is 9.13 Å². The summed E-state index contributed by atoms with van der Waals surface area (Å²) < 4.78 is 67.8. The fourth-order valence-electron chi connectivity index (χ4n) is 9.47. The molecule has 0 radical (unpaired) electrons. The van der Waals surface area contributed by atoms with Crippen LogP contribution in [-0.2, 0) is 65.4 Å². The highest BCUT2D eigenvalue weighted by atomic mass is 31.2. The van der Waals surface area contributed by atoms with Crippen molar-refractivity contribution in [3.8, 4) is 0 Å². The molecule has 0 aromatic carbocycles. The fourth-order valence-corrected chi connectivity index (χ4v) is 11.0. The lowest BCUT2D eigenvalue weighted by atomic mass is 9.99. The minimum absolute atomic E-state index is 0.106. The Hall–Kier alpha value is -1.94. The number of carbonyl (C=O) groups is 4. The molecular formula is C64H124O17P2. The van der Waals surface area contributed by atoms with E-state index in [0.717, 1.165) is 108 Å². The van der Waals surface area contributed by atoms with Crippen LogP contribution in [-0.4, -0.2) is 96.7 Å². The molecule has 0 aliphatic carbocycles. The van der Waals surface area contributed by atoms with Crippen LogP contribution in [0.2, 0.25) is 0 Å². The van der Waals surface area contributed by atoms with Crippen LogP contribution in [0.15, 0.2) is 0 Å². The maximum atomic E-state index is 13.0. The van der Waals surface area contributed by atoms with Gasteiger partial charge in [0.15, 0.2) is 12.2 Å². The summed E-state index contributed by atoms with van der Waals surface area (Å²) in [5, 5.41) is 10.5. The van der Waals surface area contributed by atoms with Crippen molar-refractivity contribution in [3.63, 3.8) is 0 Å². The van der Waals surface area contributed by atoms with Crippen LogP contribution in [0.4, 0.5) is 0 Å². The first-order valence-corrected chi connectivity index (χ1v) is 36.6. The van der Waals surface area contributed by atoms with Gasteiger partial charge in [-0.1, -0.05) is 266 Å². The molecule has 0 saturated heterocycles. The number of carbonyl (C=O) groups excluding carboxylic acids is 4. The van der Waals surface area contributed by atoms with E-state index in [1.807, 2.05) is 0 Å². The lowest BCUT2D eigenvalue weighted by Crippen LogP contribution is -2.30. The molecule has 0 heterocycles. The van der Waals surface area contributed by atoms with E-state index in [0.29, 0.717) is 25.7 Å². The van der Waals surface area contributed by atoms with E-state index in [9.17, 15) is 43.2 Å². The first kappa shape index (κ1) is 81.1. The molecule has 7 atom stereocenters. The molecule has 492 valence electrons. The van der Waals surface area contributed by atoms with Gasteiger partial charge >= 0.3 is 39.5 Å². The predicted octanol–water partition coefficient (Wildman–Crippen LogP) is 17.7. The van der Waals surface area contributed by atoms with Crippen LogP contribution < -0.4 is 0 Å². The lowest BCUT2D eigenvalue weighted by molar-refractivity contribution is -0.161. The second-order valence-corrected chi connectivity index (χ2v) is 26.5. The molecule has 0 aromatic heterocycles. The summed E-state index contributed by atoms with van der Waals surface area (Å²) in [7, 11) is -9.88. The molecule has 0 fully saturated rings. The van der Waals surface area contributed by atoms with Crippen LogP contribution in [0, 0.1) is 11.8 Å². The molecule has 0 amide bonds. The molecule has 0 aliphatic heterocycles. The highest BCUT2D eigenvalue weighted by molar-refractivity contribution is 7.47. The smallest absolute Gasteiger partial charge is 0.462 e. The van der Waals surface area contributed by atoms with Gasteiger partial charge in [0.25, 0.3) is 0 Å². The average molecular weight is 1230 g/mol. The zero-order chi connectivity index (χ0) is 61.5. The third-order valence-corrected chi connectivity index (χ3v) is 17.3. The van der Waals surface area contributed by atoms with Crippen LogP contribution >= 0.6 is 15.6 Å². The number of aliphatic hydroxyl groups excluding tert-OH is 1. The third kappa shape index (κ3) is 56.3. The minimum atomic E-state index is -4.94. The van der Waals surface area contributed by atoms with Gasteiger partial charge in [0.1, 0.15) is 19.3 Å². The van der Waals surface area contributed by atoms with Crippen molar-refractivity contribution >= 4 is 39.5 Å². The van der Waals surface area contributed by atoms with Gasteiger partial charge in [-0.2, -0.15) is 0 Å². The summed E-state index contributed by atoms with van der Waals surface area (Å²) in [4.78, 5) is 72.0. The number of rotatable bonds is 63. The van der Waals surface area contributed by atoms with Gasteiger partial charge in [0.05, 0.1) is 26.4 Å². The van der Waals surface area contributed by atoms with Crippen molar-refractivity contribution in [1.82, 2.24) is 0 Å². The predicted molar refractivity (Wildman–Crippen MR) is 331 cm³/mol. The fraction of sp³-hybridized carbons (Fsp3) is 0.938. The van der Waals surface area contributed by atoms with Crippen LogP contribution in [0.5, 0.6) is 0 Å². The van der Waals surface area contributed by atoms with Crippen LogP contribution in [0.3, 0.4) is 0 Å². The topological polar surface area (TPSA) is 237 Å². The number of phosphoric ester groups is 2. The monoisotopic (exact) mass is 1230 g/mol. The largest absolute Gasteiger partial charge is 0.472 e. The summed E-state index contributed by atoms with van der Waals surface area (Å²) in [6.07, 6.45) is 39.1. The second-order valence-electron chi connectivity index (χ2n) is 23.6. The Morgan fingerprint density at radius 3 is 0.855 bits per heavy atom. The molecule has 0 bridgehead atoms. The van der Waals surface area contributed by atoms with Crippen LogP contribution in [0.25, 0.3) is 0 Å². The van der Waals surface area contributed by atoms with E-state index in [4.69, 9.17) is 37.0 Å². The summed E-state index contributed by atoms with van der Waals surface area (Å²) in [5.41, 5.74) is 0. The molecule has 0 aromatic rings. The summed E-state index contributed by atoms with van der Waals surface area (Å²) in [6, 6.07) is 0. The number of aliphatic hydroxyl groups is 1. The van der Waals surface area contributed by atoms with Gasteiger partial charge in [-0.3, -0.25) is 37.3 Å². The standard InChI is InChI=1S/C64H124O17P2/c1-7-11-13-15-16-17-18-19-23-30-36-42-48-63(68)80-59(52-74-61(66)46-40-32-14-12-8-2)54-78-82(70,71)76-50-58(65)51-77-83(72,73)79-55-60(53-75-62(67)47-41-35-29-26-25-28-34-39-45-57(6)10-4)81-64(69)49-43-37-31-24-21-20-22-27-33-38-44-56(5)9-3/h56-60,65H,7-55H2,1-6H3,(H,70,71)(H,72,73)/t56?,57?,58-,59+,60+/m0/s1. The zero-order valence-electron chi connectivity index (χ0n) is 53.5. The Bertz CT molecular complexity index is 1640. The van der Waals surface area contributed by atoms with Gasteiger partial charge in [-0.05, 0) is 37.5 Å². The molecule has 0 spiro atoms. The normalized spacial score (nSPS) is 15.0. The maximum Gasteiger partial charge on any atom is 0.472 e. The maximum absolute atomic E-state index is 13.0. The Labute approximate surface area is 505 Å². The summed E-state index contributed by atoms with van der Waals surface area (Å²) in [5.74, 6) is -0.563. The van der Waals surface area contributed by atoms with Crippen molar-refractivity contribution in [3.05, 3.63) is 0 Å². The van der Waals surface area contributed by atoms with Crippen molar-refractivity contribution in [2.24, 2.45) is 11.8 Å². The minimum Gasteiger partial charge on any atom is -0.462 e. The van der Waals surface area contributed by atoms with Crippen molar-refractivity contribution in [1.29, 1.82) is 0 Å². The van der Waals surface area contributed by atoms with Crippen molar-refractivity contribution in [2.45, 2.75) is 336 Å². The van der Waals surface area contributed by atoms with Gasteiger partial charge in [-0.15, -0.1) is 0 Å². The van der Waals surface area contributed by atoms with Gasteiger partial charge < -0.3 is 33.8 Å². The quantitative estimate of drug-likeness (QED) is 0.0222. The Morgan fingerprint density at radius 2 is 0.578 bits per heavy atom. The second kappa shape index (κ2) is 56.6. The molecule has 0 aliphatic rings. The SMILES string of the molecule is CCCCCCCCCCCCCCC(=O)O[C@H](COC(=O)CCCCCCC)COP(=O)(O)OC[C@H](O)COP(=O)(O)OC[C@@H](COC(=O)CCCCCCCCCCC(C)CC)OC(=O)CCCCCCCCCCCCC(C)CC. The van der Waals surface area contributed by atoms with Gasteiger partial charge in [0.2, 0.25) is 0 Å². The Kier molecular flexibility index (Phi) is 55.2. The third-order valence-electron chi connectivity index (χ3n) is 15.4. The number of hydrogen-bond acceptors (Lipinski definition) is 15. The molecule has 3 N–H and O–H groups in total. The first-order valence-electron chi connectivity index (χ1n) is 33.6. The molecule has 17 nitrogen and oxygen atoms in total. The van der Waals surface area contributed by atoms with E-state index in [1.165, 1.54) is 128 Å². The van der Waals surface area contributed by atoms with E-state index in [1.54, 1.807) is 0 Å². The summed E-state index contributed by atoms with van der Waals surface area (Å²) in [6.45, 7) is 9.44. The number of esters is 4. The van der Waals surface area contributed by atoms with Crippen molar-refractivity contribution in [2.75, 3.05) is 39.6 Å². The molecule has 83 heavy (non-hydrogen) atoms. The molecule has 4 unspecified atom stereocenters. The van der Waals surface area contributed by atoms with E-state index >= 15 is 0 Å². The highest BCUT2D eigenvalue weighted by Gasteiger charge is 2.30. The molecular weight excluding hydrogens is 1100 g/mol. The lowest BCUT2D eigenvalue weighted by Gasteiger charge is -2.21. The van der Waals surface area contributed by atoms with E-state index < -0.39 is 97.5 Å². The number of hydrogen-bond donors (Lipinski definition) is 3. The molecule has 0 rings (SSSR count). The van der Waals surface area contributed by atoms with E-state index in [2.05, 4.69) is 41.5 Å². The van der Waals surface area contributed by atoms with Gasteiger partial charge in [0, 0.05) is 25.7 Å². The first-order chi connectivity index (χ1) is 39.9. The van der Waals surface area contributed by atoms with Crippen molar-refractivity contribution < 1.29 is 80.2 Å². The Balaban J connectivity index is 5.19.